The summed E-state index contributed by atoms with van der Waals surface area (Å²) in [5.41, 5.74) is 0.240. The lowest BCUT2D eigenvalue weighted by Crippen LogP contribution is -2.57. The van der Waals surface area contributed by atoms with Crippen LogP contribution in [-0.2, 0) is 19.8 Å². The van der Waals surface area contributed by atoms with Crippen molar-refractivity contribution in [2.75, 3.05) is 44.2 Å². The van der Waals surface area contributed by atoms with Crippen LogP contribution < -0.4 is 4.90 Å². The quantitative estimate of drug-likeness (QED) is 0.505. The number of nitrogens with zero attached hydrogens (tertiary/aromatic N) is 5. The van der Waals surface area contributed by atoms with Crippen molar-refractivity contribution in [3.8, 4) is 0 Å². The van der Waals surface area contributed by atoms with Gasteiger partial charge in [0.2, 0.25) is 5.91 Å². The fourth-order valence-corrected chi connectivity index (χ4v) is 5.47. The number of nitrogens with one attached hydrogen (secondary N) is 1. The van der Waals surface area contributed by atoms with E-state index in [1.807, 2.05) is 44.0 Å². The molecule has 4 heterocycles. The topological polar surface area (TPSA) is 94.7 Å². The minimum Gasteiger partial charge on any atom is -0.367 e. The van der Waals surface area contributed by atoms with E-state index in [1.165, 1.54) is 0 Å². The van der Waals surface area contributed by atoms with Gasteiger partial charge in [-0.15, -0.1) is 5.06 Å². The van der Waals surface area contributed by atoms with E-state index >= 15 is 0 Å². The molecule has 0 bridgehead atoms. The lowest BCUT2D eigenvalue weighted by atomic mass is 9.71. The minimum atomic E-state index is -0.788. The molecule has 0 radical (unpaired) electrons. The van der Waals surface area contributed by atoms with Crippen LogP contribution in [-0.4, -0.2) is 76.1 Å². The largest absolute Gasteiger partial charge is 0.367 e. The summed E-state index contributed by atoms with van der Waals surface area (Å²) < 4.78 is 0. The number of fused-ring (bicyclic) bond motifs is 1. The van der Waals surface area contributed by atoms with Gasteiger partial charge in [-0.3, -0.25) is 4.79 Å². The molecule has 0 spiro atoms. The Bertz CT molecular complexity index is 1340. The second-order valence-corrected chi connectivity index (χ2v) is 11.8. The molecule has 1 amide bonds. The summed E-state index contributed by atoms with van der Waals surface area (Å²) in [5, 5.41) is 3.51. The van der Waals surface area contributed by atoms with E-state index in [9.17, 15) is 9.59 Å². The monoisotopic (exact) mass is 558 g/mol. The predicted molar refractivity (Wildman–Crippen MR) is 147 cm³/mol. The van der Waals surface area contributed by atoms with Gasteiger partial charge in [-0.1, -0.05) is 29.3 Å². The number of carbonyl (C=O) groups is 2. The Labute approximate surface area is 232 Å². The van der Waals surface area contributed by atoms with Gasteiger partial charge in [-0.25, -0.2) is 14.8 Å². The second kappa shape index (κ2) is 10.4. The van der Waals surface area contributed by atoms with Crippen LogP contribution in [0.25, 0.3) is 11.0 Å². The van der Waals surface area contributed by atoms with Crippen molar-refractivity contribution in [2.45, 2.75) is 39.0 Å². The molecule has 5 rings (SSSR count). The number of hydroxylamine groups is 2. The van der Waals surface area contributed by atoms with Crippen molar-refractivity contribution in [3.05, 3.63) is 52.4 Å². The van der Waals surface area contributed by atoms with Crippen molar-refractivity contribution in [1.82, 2.24) is 24.9 Å². The Hall–Kier alpha value is -2.88. The number of rotatable bonds is 4. The van der Waals surface area contributed by atoms with Crippen molar-refractivity contribution < 1.29 is 14.4 Å². The zero-order chi connectivity index (χ0) is 27.1. The second-order valence-electron chi connectivity index (χ2n) is 11.0. The molecule has 1 N–H and O–H groups in total. The number of aromatic nitrogens is 3. The van der Waals surface area contributed by atoms with Crippen molar-refractivity contribution in [2.24, 2.45) is 5.41 Å². The molecule has 0 aliphatic carbocycles. The van der Waals surface area contributed by atoms with E-state index in [2.05, 4.69) is 19.9 Å². The predicted octanol–water partition coefficient (Wildman–Crippen LogP) is 4.45. The molecule has 1 aromatic carbocycles. The van der Waals surface area contributed by atoms with Gasteiger partial charge in [-0.05, 0) is 57.4 Å². The van der Waals surface area contributed by atoms with Crippen molar-refractivity contribution in [1.29, 1.82) is 0 Å². The van der Waals surface area contributed by atoms with Gasteiger partial charge in [0.05, 0.1) is 26.3 Å². The molecule has 0 saturated carbocycles. The first-order valence-corrected chi connectivity index (χ1v) is 13.6. The van der Waals surface area contributed by atoms with Crippen LogP contribution in [0.5, 0.6) is 0 Å². The molecule has 3 aromatic rings. The molecule has 2 aliphatic heterocycles. The highest BCUT2D eigenvalue weighted by atomic mass is 35.5. The number of piperidine rings is 1. The Morgan fingerprint density at radius 3 is 2.34 bits per heavy atom. The van der Waals surface area contributed by atoms with E-state index in [0.29, 0.717) is 62.2 Å². The average molecular weight is 559 g/mol. The highest BCUT2D eigenvalue weighted by Gasteiger charge is 2.47. The van der Waals surface area contributed by atoms with Crippen LogP contribution in [0.1, 0.15) is 39.2 Å². The summed E-state index contributed by atoms with van der Waals surface area (Å²) in [6.07, 6.45) is 4.41. The molecule has 2 fully saturated rings. The Morgan fingerprint density at radius 1 is 0.974 bits per heavy atom. The van der Waals surface area contributed by atoms with Gasteiger partial charge in [0.1, 0.15) is 17.8 Å². The van der Waals surface area contributed by atoms with Gasteiger partial charge < -0.3 is 19.6 Å². The number of hydrogen-bond acceptors (Lipinski definition) is 7. The van der Waals surface area contributed by atoms with Crippen LogP contribution in [0.4, 0.5) is 5.82 Å². The standard InChI is InChI=1S/C27H32Cl2N6O3/c1-26(2,3)25(37)38-35-10-7-27(8-11-35,18-4-5-20(28)21(29)16-18)24(36)34-14-12-33(13-15-34)23-19-6-9-30-22(19)31-17-32-23/h4-6,9,16-17H,7-8,10-15H2,1-3H3,(H,30,31,32). The molecular formula is C27H32Cl2N6O3. The number of anilines is 1. The number of amides is 1. The van der Waals surface area contributed by atoms with Crippen LogP contribution >= 0.6 is 23.2 Å². The number of aromatic amines is 1. The molecule has 38 heavy (non-hydrogen) atoms. The average Bonchev–Trinajstić information content (AvgIpc) is 3.39. The number of H-pyrrole nitrogens is 1. The Morgan fingerprint density at radius 2 is 1.68 bits per heavy atom. The fourth-order valence-electron chi connectivity index (χ4n) is 5.17. The zero-order valence-electron chi connectivity index (χ0n) is 21.8. The lowest BCUT2D eigenvalue weighted by Gasteiger charge is -2.45. The molecule has 0 atom stereocenters. The Kier molecular flexibility index (Phi) is 7.28. The minimum absolute atomic E-state index is 0.0619. The summed E-state index contributed by atoms with van der Waals surface area (Å²) in [7, 11) is 0. The molecule has 2 saturated heterocycles. The molecule has 2 aliphatic rings. The summed E-state index contributed by atoms with van der Waals surface area (Å²) in [5.74, 6) is 0.645. The van der Waals surface area contributed by atoms with E-state index in [0.717, 1.165) is 22.4 Å². The van der Waals surface area contributed by atoms with Crippen molar-refractivity contribution >= 4 is 51.9 Å². The molecule has 202 valence electrons. The van der Waals surface area contributed by atoms with Crippen LogP contribution in [0, 0.1) is 5.41 Å². The maximum atomic E-state index is 14.2. The molecular weight excluding hydrogens is 527 g/mol. The van der Waals surface area contributed by atoms with Crippen LogP contribution in [0.15, 0.2) is 36.8 Å². The summed E-state index contributed by atoms with van der Waals surface area (Å²) in [6.45, 7) is 8.83. The summed E-state index contributed by atoms with van der Waals surface area (Å²) >= 11 is 12.6. The first kappa shape index (κ1) is 26.7. The number of carbonyl (C=O) groups excluding carboxylic acids is 2. The Balaban J connectivity index is 1.35. The third-order valence-electron chi connectivity index (χ3n) is 7.48. The van der Waals surface area contributed by atoms with Gasteiger partial charge >= 0.3 is 5.97 Å². The van der Waals surface area contributed by atoms with Gasteiger partial charge in [0, 0.05) is 45.5 Å². The SMILES string of the molecule is CC(C)(C)C(=O)ON1CCC(C(=O)N2CCN(c3ncnc4[nH]ccc34)CC2)(c2ccc(Cl)c(Cl)c2)CC1. The molecule has 0 unspecified atom stereocenters. The van der Waals surface area contributed by atoms with Crippen LogP contribution in [0.2, 0.25) is 10.0 Å². The zero-order valence-corrected chi connectivity index (χ0v) is 23.3. The van der Waals surface area contributed by atoms with Crippen LogP contribution in [0.3, 0.4) is 0 Å². The van der Waals surface area contributed by atoms with E-state index in [-0.39, 0.29) is 11.9 Å². The molecule has 9 nitrogen and oxygen atoms in total. The summed E-state index contributed by atoms with van der Waals surface area (Å²) in [4.78, 5) is 48.4. The normalized spacial score (nSPS) is 18.6. The smallest absolute Gasteiger partial charge is 0.330 e. The van der Waals surface area contributed by atoms with Gasteiger partial charge in [0.15, 0.2) is 0 Å². The molecule has 2 aromatic heterocycles. The highest BCUT2D eigenvalue weighted by Crippen LogP contribution is 2.40. The maximum absolute atomic E-state index is 14.2. The molecule has 11 heteroatoms. The summed E-state index contributed by atoms with van der Waals surface area (Å²) in [6, 6.07) is 7.41. The number of hydrogen-bond donors (Lipinski definition) is 1. The third-order valence-corrected chi connectivity index (χ3v) is 8.22. The van der Waals surface area contributed by atoms with E-state index in [4.69, 9.17) is 28.0 Å². The highest BCUT2D eigenvalue weighted by molar-refractivity contribution is 6.42. The number of benzene rings is 1. The van der Waals surface area contributed by atoms with Gasteiger partial charge in [0.25, 0.3) is 0 Å². The van der Waals surface area contributed by atoms with E-state index < -0.39 is 10.8 Å². The first-order valence-electron chi connectivity index (χ1n) is 12.8. The fraction of sp³-hybridized carbons (Fsp3) is 0.481. The number of piperazine rings is 1. The lowest BCUT2D eigenvalue weighted by molar-refractivity contribution is -0.207. The number of halogens is 2. The first-order chi connectivity index (χ1) is 18.1. The third kappa shape index (κ3) is 5.07. The van der Waals surface area contributed by atoms with Gasteiger partial charge in [-0.2, -0.15) is 0 Å². The van der Waals surface area contributed by atoms with E-state index in [1.54, 1.807) is 23.5 Å². The maximum Gasteiger partial charge on any atom is 0.330 e. The van der Waals surface area contributed by atoms with Crippen molar-refractivity contribution in [3.63, 3.8) is 0 Å².